The summed E-state index contributed by atoms with van der Waals surface area (Å²) in [6.07, 6.45) is 9.93. The molecule has 0 atom stereocenters. The Morgan fingerprint density at radius 1 is 1.17 bits per heavy atom. The van der Waals surface area contributed by atoms with Crippen molar-refractivity contribution in [2.75, 3.05) is 5.32 Å². The Balaban J connectivity index is 1.52. The maximum absolute atomic E-state index is 12.2. The average Bonchev–Trinajstić information content (AvgIpc) is 3.03. The molecule has 2 aromatic rings. The Morgan fingerprint density at radius 2 is 1.92 bits per heavy atom. The van der Waals surface area contributed by atoms with Crippen LogP contribution in [0.2, 0.25) is 0 Å². The first-order valence-electron chi connectivity index (χ1n) is 8.77. The SMILES string of the molecule is O=C(CCC1CCCCC1)Nc1ccnn1Cc1ccc(Br)cc1. The summed E-state index contributed by atoms with van der Waals surface area (Å²) < 4.78 is 2.89. The highest BCUT2D eigenvalue weighted by molar-refractivity contribution is 9.10. The van der Waals surface area contributed by atoms with E-state index in [9.17, 15) is 4.79 Å². The van der Waals surface area contributed by atoms with Crippen LogP contribution in [0.3, 0.4) is 0 Å². The van der Waals surface area contributed by atoms with E-state index in [1.165, 1.54) is 32.1 Å². The standard InChI is InChI=1S/C19H24BrN3O/c20-17-9-6-16(7-10-17)14-23-18(12-13-21-23)22-19(24)11-8-15-4-2-1-3-5-15/h6-7,9-10,12-13,15H,1-5,8,11,14H2,(H,22,24). The normalized spacial score (nSPS) is 15.4. The molecule has 1 aromatic carbocycles. The number of nitrogens with one attached hydrogen (secondary N) is 1. The van der Waals surface area contributed by atoms with Crippen LogP contribution in [0.25, 0.3) is 0 Å². The number of benzene rings is 1. The van der Waals surface area contributed by atoms with E-state index in [-0.39, 0.29) is 5.91 Å². The van der Waals surface area contributed by atoms with E-state index in [4.69, 9.17) is 0 Å². The lowest BCUT2D eigenvalue weighted by Gasteiger charge is -2.21. The Bertz CT molecular complexity index is 660. The summed E-state index contributed by atoms with van der Waals surface area (Å²) in [5.74, 6) is 1.60. The first-order chi connectivity index (χ1) is 11.7. The van der Waals surface area contributed by atoms with Gasteiger partial charge in [-0.15, -0.1) is 0 Å². The second-order valence-electron chi connectivity index (χ2n) is 6.59. The van der Waals surface area contributed by atoms with Crippen LogP contribution in [0.15, 0.2) is 41.0 Å². The summed E-state index contributed by atoms with van der Waals surface area (Å²) in [7, 11) is 0. The average molecular weight is 390 g/mol. The quantitative estimate of drug-likeness (QED) is 0.755. The minimum absolute atomic E-state index is 0.0955. The van der Waals surface area contributed by atoms with Gasteiger partial charge in [-0.1, -0.05) is 60.2 Å². The van der Waals surface area contributed by atoms with Crippen molar-refractivity contribution in [3.05, 3.63) is 46.6 Å². The third-order valence-electron chi connectivity index (χ3n) is 4.73. The van der Waals surface area contributed by atoms with E-state index in [1.807, 2.05) is 22.9 Å². The van der Waals surface area contributed by atoms with Crippen LogP contribution >= 0.6 is 15.9 Å². The molecule has 0 spiro atoms. The summed E-state index contributed by atoms with van der Waals surface area (Å²) in [6, 6.07) is 10.0. The van der Waals surface area contributed by atoms with Crippen molar-refractivity contribution < 1.29 is 4.79 Å². The van der Waals surface area contributed by atoms with Gasteiger partial charge in [0.15, 0.2) is 0 Å². The number of aromatic nitrogens is 2. The predicted octanol–water partition coefficient (Wildman–Crippen LogP) is 4.99. The number of amides is 1. The van der Waals surface area contributed by atoms with Crippen molar-refractivity contribution in [1.82, 2.24) is 9.78 Å². The fraction of sp³-hybridized carbons (Fsp3) is 0.474. The number of anilines is 1. The molecule has 0 bridgehead atoms. The van der Waals surface area contributed by atoms with Crippen LogP contribution in [0.5, 0.6) is 0 Å². The van der Waals surface area contributed by atoms with Gasteiger partial charge in [0, 0.05) is 17.0 Å². The molecule has 3 rings (SSSR count). The molecule has 128 valence electrons. The lowest BCUT2D eigenvalue weighted by molar-refractivity contribution is -0.116. The van der Waals surface area contributed by atoms with Crippen LogP contribution < -0.4 is 5.32 Å². The van der Waals surface area contributed by atoms with E-state index < -0.39 is 0 Å². The highest BCUT2D eigenvalue weighted by atomic mass is 79.9. The molecule has 4 nitrogen and oxygen atoms in total. The molecule has 1 aliphatic carbocycles. The van der Waals surface area contributed by atoms with Gasteiger partial charge in [0.1, 0.15) is 5.82 Å². The maximum Gasteiger partial charge on any atom is 0.225 e. The second kappa shape index (κ2) is 8.47. The molecule has 0 aliphatic heterocycles. The van der Waals surface area contributed by atoms with Crippen molar-refractivity contribution in [2.24, 2.45) is 5.92 Å². The number of nitrogens with zero attached hydrogens (tertiary/aromatic N) is 2. The number of halogens is 1. The Morgan fingerprint density at radius 3 is 2.67 bits per heavy atom. The van der Waals surface area contributed by atoms with Gasteiger partial charge in [0.25, 0.3) is 0 Å². The number of rotatable bonds is 6. The van der Waals surface area contributed by atoms with Gasteiger partial charge in [0.05, 0.1) is 12.7 Å². The number of hydrogen-bond donors (Lipinski definition) is 1. The molecule has 1 amide bonds. The van der Waals surface area contributed by atoms with Gasteiger partial charge in [-0.3, -0.25) is 4.79 Å². The van der Waals surface area contributed by atoms with Crippen LogP contribution in [-0.2, 0) is 11.3 Å². The zero-order valence-electron chi connectivity index (χ0n) is 13.9. The Hall–Kier alpha value is -1.62. The minimum atomic E-state index is 0.0955. The first-order valence-corrected chi connectivity index (χ1v) is 9.56. The molecule has 0 unspecified atom stereocenters. The van der Waals surface area contributed by atoms with E-state index >= 15 is 0 Å². The highest BCUT2D eigenvalue weighted by Gasteiger charge is 2.15. The largest absolute Gasteiger partial charge is 0.311 e. The lowest BCUT2D eigenvalue weighted by Crippen LogP contribution is -2.17. The van der Waals surface area contributed by atoms with Crippen molar-refractivity contribution in [3.63, 3.8) is 0 Å². The summed E-state index contributed by atoms with van der Waals surface area (Å²) in [4.78, 5) is 12.2. The molecule has 1 heterocycles. The summed E-state index contributed by atoms with van der Waals surface area (Å²) >= 11 is 3.44. The number of hydrogen-bond acceptors (Lipinski definition) is 2. The fourth-order valence-corrected chi connectivity index (χ4v) is 3.61. The monoisotopic (exact) mass is 389 g/mol. The molecule has 1 aromatic heterocycles. The molecule has 1 saturated carbocycles. The first kappa shape index (κ1) is 17.2. The summed E-state index contributed by atoms with van der Waals surface area (Å²) in [6.45, 7) is 0.651. The third-order valence-corrected chi connectivity index (χ3v) is 5.26. The van der Waals surface area contributed by atoms with Crippen LogP contribution in [-0.4, -0.2) is 15.7 Å². The van der Waals surface area contributed by atoms with Gasteiger partial charge in [-0.2, -0.15) is 5.10 Å². The lowest BCUT2D eigenvalue weighted by atomic mass is 9.86. The fourth-order valence-electron chi connectivity index (χ4n) is 3.34. The zero-order chi connectivity index (χ0) is 16.8. The van der Waals surface area contributed by atoms with E-state index in [0.717, 1.165) is 28.2 Å². The number of carbonyl (C=O) groups is 1. The van der Waals surface area contributed by atoms with Gasteiger partial charge in [-0.25, -0.2) is 4.68 Å². The molecule has 5 heteroatoms. The zero-order valence-corrected chi connectivity index (χ0v) is 15.5. The van der Waals surface area contributed by atoms with Crippen molar-refractivity contribution in [2.45, 2.75) is 51.5 Å². The molecule has 0 radical (unpaired) electrons. The Kier molecular flexibility index (Phi) is 6.07. The van der Waals surface area contributed by atoms with Crippen LogP contribution in [0.4, 0.5) is 5.82 Å². The van der Waals surface area contributed by atoms with Crippen molar-refractivity contribution >= 4 is 27.7 Å². The van der Waals surface area contributed by atoms with Crippen molar-refractivity contribution in [3.8, 4) is 0 Å². The number of carbonyl (C=O) groups excluding carboxylic acids is 1. The molecule has 1 N–H and O–H groups in total. The molecule has 1 fully saturated rings. The van der Waals surface area contributed by atoms with Crippen molar-refractivity contribution in [1.29, 1.82) is 0 Å². The maximum atomic E-state index is 12.2. The molecule has 1 aliphatic rings. The van der Waals surface area contributed by atoms with Gasteiger partial charge in [0.2, 0.25) is 5.91 Å². The highest BCUT2D eigenvalue weighted by Crippen LogP contribution is 2.27. The predicted molar refractivity (Wildman–Crippen MR) is 99.9 cm³/mol. The smallest absolute Gasteiger partial charge is 0.225 e. The van der Waals surface area contributed by atoms with Gasteiger partial charge in [-0.05, 0) is 30.0 Å². The van der Waals surface area contributed by atoms with Crippen LogP contribution in [0, 0.1) is 5.92 Å². The topological polar surface area (TPSA) is 46.9 Å². The van der Waals surface area contributed by atoms with E-state index in [1.54, 1.807) is 6.20 Å². The van der Waals surface area contributed by atoms with Crippen LogP contribution in [0.1, 0.15) is 50.5 Å². The van der Waals surface area contributed by atoms with E-state index in [0.29, 0.717) is 13.0 Å². The Labute approximate surface area is 151 Å². The van der Waals surface area contributed by atoms with E-state index in [2.05, 4.69) is 38.5 Å². The minimum Gasteiger partial charge on any atom is -0.311 e. The summed E-state index contributed by atoms with van der Waals surface area (Å²) in [5, 5.41) is 7.34. The molecular weight excluding hydrogens is 366 g/mol. The third kappa shape index (κ3) is 4.94. The second-order valence-corrected chi connectivity index (χ2v) is 7.51. The summed E-state index contributed by atoms with van der Waals surface area (Å²) in [5.41, 5.74) is 1.15. The van der Waals surface area contributed by atoms with Gasteiger partial charge < -0.3 is 5.32 Å². The molecule has 24 heavy (non-hydrogen) atoms. The molecule has 0 saturated heterocycles. The van der Waals surface area contributed by atoms with Gasteiger partial charge >= 0.3 is 0 Å². The molecular formula is C19H24BrN3O.